The minimum absolute atomic E-state index is 0.00754. The van der Waals surface area contributed by atoms with Crippen LogP contribution in [-0.2, 0) is 25.8 Å². The van der Waals surface area contributed by atoms with E-state index in [2.05, 4.69) is 22.0 Å². The van der Waals surface area contributed by atoms with Crippen LogP contribution in [0.25, 0.3) is 0 Å². The SMILES string of the molecule is C=CCO/N=C(\C(=O)NC1C(=O)N2C(C(=O)[O-])=C(C[n+]3ccccc3)CS[C@H]12)c1nc(N)sc1Cl. The van der Waals surface area contributed by atoms with Crippen LogP contribution in [0.3, 0.4) is 0 Å². The van der Waals surface area contributed by atoms with Crippen molar-refractivity contribution in [1.29, 1.82) is 0 Å². The molecule has 2 amide bonds. The van der Waals surface area contributed by atoms with Gasteiger partial charge in [0.2, 0.25) is 0 Å². The summed E-state index contributed by atoms with van der Waals surface area (Å²) in [6.07, 6.45) is 5.02. The number of nitrogens with zero attached hydrogens (tertiary/aromatic N) is 4. The van der Waals surface area contributed by atoms with Gasteiger partial charge in [-0.3, -0.25) is 14.5 Å². The van der Waals surface area contributed by atoms with Gasteiger partial charge in [-0.2, -0.15) is 0 Å². The number of rotatable bonds is 9. The molecule has 2 aromatic rings. The second-order valence-electron chi connectivity index (χ2n) is 7.35. The highest BCUT2D eigenvalue weighted by molar-refractivity contribution is 8.00. The number of fused-ring (bicyclic) bond motifs is 1. The number of thioether (sulfide) groups is 1. The molecule has 1 unspecified atom stereocenters. The van der Waals surface area contributed by atoms with E-state index in [1.807, 2.05) is 18.2 Å². The number of aliphatic carboxylic acids is 1. The number of nitrogens with one attached hydrogen (secondary N) is 1. The third-order valence-electron chi connectivity index (χ3n) is 5.07. The number of aromatic nitrogens is 2. The quantitative estimate of drug-likeness (QED) is 0.111. The Hall–Kier alpha value is -3.42. The number of thiazole rings is 1. The molecule has 14 heteroatoms. The fraction of sp³-hybridized carbons (Fsp3) is 0.238. The molecule has 2 aliphatic heterocycles. The Balaban J connectivity index is 1.55. The Kier molecular flexibility index (Phi) is 7.38. The molecule has 2 aliphatic rings. The summed E-state index contributed by atoms with van der Waals surface area (Å²) in [5.41, 5.74) is 5.77. The Morgan fingerprint density at radius 1 is 1.43 bits per heavy atom. The maximum absolute atomic E-state index is 13.0. The van der Waals surface area contributed by atoms with E-state index >= 15 is 0 Å². The number of carbonyl (C=O) groups excluding carboxylic acids is 3. The average Bonchev–Trinajstić information content (AvgIpc) is 3.17. The number of hydrogen-bond acceptors (Lipinski definition) is 10. The summed E-state index contributed by atoms with van der Waals surface area (Å²) >= 11 is 8.42. The van der Waals surface area contributed by atoms with Gasteiger partial charge in [0.15, 0.2) is 29.8 Å². The molecular formula is C21H19ClN6O5S2. The summed E-state index contributed by atoms with van der Waals surface area (Å²) in [7, 11) is 0. The van der Waals surface area contributed by atoms with Crippen LogP contribution in [0.1, 0.15) is 5.69 Å². The zero-order valence-electron chi connectivity index (χ0n) is 18.0. The number of carbonyl (C=O) groups is 3. The summed E-state index contributed by atoms with van der Waals surface area (Å²) in [5, 5.41) is 17.8. The first-order chi connectivity index (χ1) is 16.8. The second-order valence-corrected chi connectivity index (χ2v) is 10.1. The van der Waals surface area contributed by atoms with Crippen molar-refractivity contribution in [2.45, 2.75) is 18.0 Å². The van der Waals surface area contributed by atoms with Gasteiger partial charge in [0.25, 0.3) is 11.8 Å². The minimum atomic E-state index is -1.45. The van der Waals surface area contributed by atoms with Crippen molar-refractivity contribution in [2.75, 3.05) is 18.1 Å². The van der Waals surface area contributed by atoms with Crippen LogP contribution in [0, 0.1) is 0 Å². The number of carboxylic acid groups (broad SMARTS) is 1. The van der Waals surface area contributed by atoms with Crippen molar-refractivity contribution in [1.82, 2.24) is 15.2 Å². The zero-order chi connectivity index (χ0) is 25.1. The lowest BCUT2D eigenvalue weighted by molar-refractivity contribution is -0.689. The maximum Gasteiger partial charge on any atom is 0.276 e. The molecule has 182 valence electrons. The van der Waals surface area contributed by atoms with E-state index in [4.69, 9.17) is 22.2 Å². The molecule has 0 aliphatic carbocycles. The highest BCUT2D eigenvalue weighted by Gasteiger charge is 2.53. The molecule has 0 bridgehead atoms. The topological polar surface area (TPSA) is 154 Å². The van der Waals surface area contributed by atoms with E-state index in [1.165, 1.54) is 17.8 Å². The lowest BCUT2D eigenvalue weighted by Gasteiger charge is -2.50. The Bertz CT molecular complexity index is 1250. The predicted molar refractivity (Wildman–Crippen MR) is 128 cm³/mol. The number of hydrogen-bond donors (Lipinski definition) is 2. The van der Waals surface area contributed by atoms with E-state index in [9.17, 15) is 19.5 Å². The largest absolute Gasteiger partial charge is 0.543 e. The fourth-order valence-corrected chi connectivity index (χ4v) is 5.84. The number of amides is 2. The van der Waals surface area contributed by atoms with Crippen LogP contribution in [0.15, 0.2) is 59.7 Å². The second kappa shape index (κ2) is 10.5. The molecule has 2 atom stereocenters. The molecule has 35 heavy (non-hydrogen) atoms. The summed E-state index contributed by atoms with van der Waals surface area (Å²) in [6, 6.07) is 4.49. The Morgan fingerprint density at radius 2 is 2.17 bits per heavy atom. The van der Waals surface area contributed by atoms with E-state index in [1.54, 1.807) is 17.0 Å². The zero-order valence-corrected chi connectivity index (χ0v) is 20.4. The van der Waals surface area contributed by atoms with Crippen molar-refractivity contribution < 1.29 is 28.9 Å². The van der Waals surface area contributed by atoms with Crippen LogP contribution in [0.2, 0.25) is 4.34 Å². The molecule has 4 rings (SSSR count). The highest BCUT2D eigenvalue weighted by Crippen LogP contribution is 2.40. The smallest absolute Gasteiger partial charge is 0.276 e. The summed E-state index contributed by atoms with van der Waals surface area (Å²) < 4.78 is 1.93. The van der Waals surface area contributed by atoms with Crippen molar-refractivity contribution >= 4 is 63.3 Å². The van der Waals surface area contributed by atoms with E-state index in [0.29, 0.717) is 11.3 Å². The van der Waals surface area contributed by atoms with Gasteiger partial charge in [-0.05, 0) is 0 Å². The molecule has 0 aromatic carbocycles. The fourth-order valence-electron chi connectivity index (χ4n) is 3.57. The van der Waals surface area contributed by atoms with Crippen molar-refractivity contribution in [3.8, 4) is 0 Å². The van der Waals surface area contributed by atoms with Crippen LogP contribution in [0.5, 0.6) is 0 Å². The van der Waals surface area contributed by atoms with Gasteiger partial charge < -0.3 is 25.8 Å². The van der Waals surface area contributed by atoms with Gasteiger partial charge in [0.05, 0.1) is 11.7 Å². The van der Waals surface area contributed by atoms with Gasteiger partial charge in [-0.15, -0.1) is 11.8 Å². The lowest BCUT2D eigenvalue weighted by Crippen LogP contribution is -2.71. The molecule has 0 radical (unpaired) electrons. The highest BCUT2D eigenvalue weighted by atomic mass is 35.5. The Morgan fingerprint density at radius 3 is 2.80 bits per heavy atom. The van der Waals surface area contributed by atoms with Crippen LogP contribution in [0.4, 0.5) is 5.13 Å². The molecule has 1 saturated heterocycles. The number of carboxylic acids is 1. The first kappa shape index (κ1) is 24.7. The molecular weight excluding hydrogens is 516 g/mol. The number of nitrogen functional groups attached to an aromatic ring is 1. The van der Waals surface area contributed by atoms with Crippen molar-refractivity contribution in [3.63, 3.8) is 0 Å². The van der Waals surface area contributed by atoms with E-state index < -0.39 is 29.2 Å². The van der Waals surface area contributed by atoms with Crippen LogP contribution >= 0.6 is 34.7 Å². The summed E-state index contributed by atoms with van der Waals surface area (Å²) in [6.45, 7) is 3.81. The predicted octanol–water partition coefficient (Wildman–Crippen LogP) is -0.323. The van der Waals surface area contributed by atoms with Gasteiger partial charge in [0, 0.05) is 23.5 Å². The number of β-lactam (4-membered cyclic amide) rings is 1. The molecule has 3 N–H and O–H groups in total. The van der Waals surface area contributed by atoms with Gasteiger partial charge in [-0.25, -0.2) is 9.55 Å². The van der Waals surface area contributed by atoms with Gasteiger partial charge in [0.1, 0.15) is 28.1 Å². The van der Waals surface area contributed by atoms with Crippen molar-refractivity contribution in [3.05, 3.63) is 64.5 Å². The molecule has 2 aromatic heterocycles. The monoisotopic (exact) mass is 534 g/mol. The first-order valence-electron chi connectivity index (χ1n) is 10.2. The standard InChI is InChI=1S/C21H19ClN6O5S2/c1-2-8-33-26-13(12-16(22)35-21(23)25-12)17(29)24-14-18(30)28-15(20(31)32)11(10-34-19(14)28)9-27-6-4-3-5-7-27/h2-7,14,19H,1,8-10H2,(H3-,23,24,25,29,31,32)/b26-13-/t14?,19-/m1/s1. The number of anilines is 1. The van der Waals surface area contributed by atoms with E-state index in [-0.39, 0.29) is 39.7 Å². The van der Waals surface area contributed by atoms with Gasteiger partial charge >= 0.3 is 0 Å². The average molecular weight is 535 g/mol. The molecule has 4 heterocycles. The van der Waals surface area contributed by atoms with Gasteiger partial charge in [-0.1, -0.05) is 46.8 Å². The number of oxime groups is 1. The van der Waals surface area contributed by atoms with E-state index in [0.717, 1.165) is 16.2 Å². The lowest BCUT2D eigenvalue weighted by atomic mass is 10.0. The van der Waals surface area contributed by atoms with Crippen molar-refractivity contribution in [2.24, 2.45) is 5.16 Å². The molecule has 1 fully saturated rings. The number of halogens is 1. The molecule has 0 spiro atoms. The molecule has 0 saturated carbocycles. The minimum Gasteiger partial charge on any atom is -0.543 e. The normalized spacial score (nSPS) is 19.6. The number of nitrogens with two attached hydrogens (primary N) is 1. The third kappa shape index (κ3) is 5.01. The Labute approximate surface area is 212 Å². The third-order valence-corrected chi connectivity index (χ3v) is 7.49. The number of pyridine rings is 1. The summed E-state index contributed by atoms with van der Waals surface area (Å²) in [5.74, 6) is -2.47. The van der Waals surface area contributed by atoms with Crippen LogP contribution < -0.4 is 20.7 Å². The first-order valence-corrected chi connectivity index (χ1v) is 12.4. The summed E-state index contributed by atoms with van der Waals surface area (Å²) in [4.78, 5) is 48.2. The van der Waals surface area contributed by atoms with Crippen LogP contribution in [-0.4, -0.2) is 57.2 Å². The molecule has 11 nitrogen and oxygen atoms in total. The maximum atomic E-state index is 13.0.